The molecule has 2 aromatic rings. The number of hydrogen-bond donors (Lipinski definition) is 3. The number of pyridine rings is 1. The Labute approximate surface area is 133 Å². The summed E-state index contributed by atoms with van der Waals surface area (Å²) in [6.07, 6.45) is 6.13. The van der Waals surface area contributed by atoms with E-state index in [2.05, 4.69) is 15.6 Å². The van der Waals surface area contributed by atoms with Crippen molar-refractivity contribution in [2.24, 2.45) is 5.92 Å². The number of carboxylic acids is 1. The molecule has 0 spiro atoms. The summed E-state index contributed by atoms with van der Waals surface area (Å²) in [7, 11) is 0. The fourth-order valence-electron chi connectivity index (χ4n) is 3.00. The maximum Gasteiger partial charge on any atom is 0.319 e. The fourth-order valence-corrected chi connectivity index (χ4v) is 3.00. The van der Waals surface area contributed by atoms with Gasteiger partial charge in [-0.15, -0.1) is 0 Å². The van der Waals surface area contributed by atoms with E-state index >= 15 is 0 Å². The third kappa shape index (κ3) is 3.77. The van der Waals surface area contributed by atoms with Crippen molar-refractivity contribution in [1.29, 1.82) is 0 Å². The number of rotatable bonds is 3. The van der Waals surface area contributed by atoms with Crippen molar-refractivity contribution >= 4 is 28.5 Å². The molecule has 1 aliphatic rings. The Bertz CT molecular complexity index is 724. The van der Waals surface area contributed by atoms with E-state index in [-0.39, 0.29) is 18.0 Å². The van der Waals surface area contributed by atoms with Crippen LogP contribution in [0.1, 0.15) is 25.7 Å². The number of aromatic nitrogens is 1. The second-order valence-corrected chi connectivity index (χ2v) is 5.92. The van der Waals surface area contributed by atoms with Gasteiger partial charge in [-0.3, -0.25) is 9.78 Å². The SMILES string of the molecule is O=C(Nc1ccc2cnccc2c1)NC1CCC(C(=O)O)CC1. The molecule has 0 aliphatic heterocycles. The normalized spacial score (nSPS) is 20.9. The summed E-state index contributed by atoms with van der Waals surface area (Å²) in [4.78, 5) is 27.1. The number of amides is 2. The van der Waals surface area contributed by atoms with Gasteiger partial charge in [-0.1, -0.05) is 6.07 Å². The van der Waals surface area contributed by atoms with Crippen LogP contribution in [0.2, 0.25) is 0 Å². The summed E-state index contributed by atoms with van der Waals surface area (Å²) in [6, 6.07) is 7.33. The molecule has 6 heteroatoms. The number of fused-ring (bicyclic) bond motifs is 1. The molecule has 2 amide bonds. The first-order valence-corrected chi connectivity index (χ1v) is 7.76. The summed E-state index contributed by atoms with van der Waals surface area (Å²) in [6.45, 7) is 0. The molecule has 0 atom stereocenters. The van der Waals surface area contributed by atoms with Crippen molar-refractivity contribution in [1.82, 2.24) is 10.3 Å². The first-order valence-electron chi connectivity index (χ1n) is 7.76. The molecule has 1 aromatic heterocycles. The van der Waals surface area contributed by atoms with E-state index in [1.807, 2.05) is 24.3 Å². The molecule has 6 nitrogen and oxygen atoms in total. The van der Waals surface area contributed by atoms with E-state index in [0.29, 0.717) is 25.7 Å². The van der Waals surface area contributed by atoms with Crippen LogP contribution >= 0.6 is 0 Å². The average Bonchev–Trinajstić information content (AvgIpc) is 2.55. The van der Waals surface area contributed by atoms with Gasteiger partial charge in [0, 0.05) is 29.5 Å². The van der Waals surface area contributed by atoms with E-state index in [1.54, 1.807) is 12.4 Å². The smallest absolute Gasteiger partial charge is 0.319 e. The average molecular weight is 313 g/mol. The van der Waals surface area contributed by atoms with Gasteiger partial charge in [0.2, 0.25) is 0 Å². The van der Waals surface area contributed by atoms with Crippen LogP contribution < -0.4 is 10.6 Å². The van der Waals surface area contributed by atoms with Crippen molar-refractivity contribution in [3.63, 3.8) is 0 Å². The summed E-state index contributed by atoms with van der Waals surface area (Å²) in [5.74, 6) is -1.01. The van der Waals surface area contributed by atoms with Crippen molar-refractivity contribution in [2.45, 2.75) is 31.7 Å². The standard InChI is InChI=1S/C17H19N3O3/c21-16(22)11-1-4-14(5-2-11)19-17(23)20-15-6-3-13-10-18-8-7-12(13)9-15/h3,6-11,14H,1-2,4-5H2,(H,21,22)(H2,19,20,23). The van der Waals surface area contributed by atoms with Gasteiger partial charge < -0.3 is 15.7 Å². The Morgan fingerprint density at radius 2 is 1.87 bits per heavy atom. The summed E-state index contributed by atoms with van der Waals surface area (Å²) >= 11 is 0. The van der Waals surface area contributed by atoms with E-state index in [0.717, 1.165) is 16.5 Å². The third-order valence-corrected chi connectivity index (χ3v) is 4.31. The van der Waals surface area contributed by atoms with Crippen LogP contribution in [-0.4, -0.2) is 28.1 Å². The minimum absolute atomic E-state index is 0.0373. The van der Waals surface area contributed by atoms with Gasteiger partial charge in [-0.25, -0.2) is 4.79 Å². The summed E-state index contributed by atoms with van der Waals surface area (Å²) < 4.78 is 0. The second-order valence-electron chi connectivity index (χ2n) is 5.92. The maximum atomic E-state index is 12.1. The van der Waals surface area contributed by atoms with Gasteiger partial charge in [0.1, 0.15) is 0 Å². The van der Waals surface area contributed by atoms with Crippen molar-refractivity contribution in [3.8, 4) is 0 Å². The summed E-state index contributed by atoms with van der Waals surface area (Å²) in [5, 5.41) is 16.8. The predicted molar refractivity (Wildman–Crippen MR) is 87.3 cm³/mol. The van der Waals surface area contributed by atoms with Crippen LogP contribution in [0.25, 0.3) is 10.8 Å². The molecule has 0 bridgehead atoms. The largest absolute Gasteiger partial charge is 0.481 e. The topological polar surface area (TPSA) is 91.3 Å². The van der Waals surface area contributed by atoms with E-state index in [1.165, 1.54) is 0 Å². The van der Waals surface area contributed by atoms with E-state index in [9.17, 15) is 9.59 Å². The lowest BCUT2D eigenvalue weighted by molar-refractivity contribution is -0.142. The van der Waals surface area contributed by atoms with Gasteiger partial charge in [-0.2, -0.15) is 0 Å². The zero-order chi connectivity index (χ0) is 16.2. The molecule has 23 heavy (non-hydrogen) atoms. The molecule has 0 saturated heterocycles. The number of benzene rings is 1. The van der Waals surface area contributed by atoms with Crippen LogP contribution in [0.4, 0.5) is 10.5 Å². The zero-order valence-electron chi connectivity index (χ0n) is 12.7. The quantitative estimate of drug-likeness (QED) is 0.812. The molecular weight excluding hydrogens is 294 g/mol. The number of hydrogen-bond acceptors (Lipinski definition) is 3. The number of nitrogens with one attached hydrogen (secondary N) is 2. The molecule has 3 rings (SSSR count). The molecule has 1 saturated carbocycles. The van der Waals surface area contributed by atoms with E-state index < -0.39 is 5.97 Å². The predicted octanol–water partition coefficient (Wildman–Crippen LogP) is 3.00. The highest BCUT2D eigenvalue weighted by Crippen LogP contribution is 2.24. The van der Waals surface area contributed by atoms with Gasteiger partial charge in [-0.05, 0) is 49.3 Å². The summed E-state index contributed by atoms with van der Waals surface area (Å²) in [5.41, 5.74) is 0.723. The lowest BCUT2D eigenvalue weighted by Crippen LogP contribution is -2.40. The Morgan fingerprint density at radius 3 is 2.61 bits per heavy atom. The second kappa shape index (κ2) is 6.64. The molecule has 1 fully saturated rings. The van der Waals surface area contributed by atoms with Crippen LogP contribution in [-0.2, 0) is 4.79 Å². The Balaban J connectivity index is 1.55. The molecule has 1 heterocycles. The molecule has 0 radical (unpaired) electrons. The van der Waals surface area contributed by atoms with Crippen LogP contribution in [0, 0.1) is 5.92 Å². The molecule has 0 unspecified atom stereocenters. The Hall–Kier alpha value is -2.63. The van der Waals surface area contributed by atoms with Crippen molar-refractivity contribution in [3.05, 3.63) is 36.7 Å². The van der Waals surface area contributed by atoms with Gasteiger partial charge in [0.15, 0.2) is 0 Å². The van der Waals surface area contributed by atoms with Gasteiger partial charge in [0.25, 0.3) is 0 Å². The molecular formula is C17H19N3O3. The number of anilines is 1. The number of aliphatic carboxylic acids is 1. The number of urea groups is 1. The number of carbonyl (C=O) groups is 2. The fraction of sp³-hybridized carbons (Fsp3) is 0.353. The lowest BCUT2D eigenvalue weighted by atomic mass is 9.86. The van der Waals surface area contributed by atoms with Crippen LogP contribution in [0.3, 0.4) is 0 Å². The lowest BCUT2D eigenvalue weighted by Gasteiger charge is -2.26. The van der Waals surface area contributed by atoms with Crippen molar-refractivity contribution < 1.29 is 14.7 Å². The minimum atomic E-state index is -0.737. The third-order valence-electron chi connectivity index (χ3n) is 4.31. The number of nitrogens with zero attached hydrogens (tertiary/aromatic N) is 1. The highest BCUT2D eigenvalue weighted by atomic mass is 16.4. The molecule has 120 valence electrons. The van der Waals surface area contributed by atoms with Gasteiger partial charge in [0.05, 0.1) is 5.92 Å². The first kappa shape index (κ1) is 15.3. The van der Waals surface area contributed by atoms with Crippen LogP contribution in [0.15, 0.2) is 36.7 Å². The van der Waals surface area contributed by atoms with Crippen LogP contribution in [0.5, 0.6) is 0 Å². The van der Waals surface area contributed by atoms with E-state index in [4.69, 9.17) is 5.11 Å². The zero-order valence-corrected chi connectivity index (χ0v) is 12.7. The first-order chi connectivity index (χ1) is 11.1. The minimum Gasteiger partial charge on any atom is -0.481 e. The number of carboxylic acid groups (broad SMARTS) is 1. The van der Waals surface area contributed by atoms with Gasteiger partial charge >= 0.3 is 12.0 Å². The molecule has 1 aromatic carbocycles. The molecule has 1 aliphatic carbocycles. The Kier molecular flexibility index (Phi) is 4.41. The van der Waals surface area contributed by atoms with Crippen molar-refractivity contribution in [2.75, 3.05) is 5.32 Å². The highest BCUT2D eigenvalue weighted by Gasteiger charge is 2.26. The monoisotopic (exact) mass is 313 g/mol. The number of carbonyl (C=O) groups excluding carboxylic acids is 1. The molecule has 3 N–H and O–H groups in total. The highest BCUT2D eigenvalue weighted by molar-refractivity contribution is 5.93. The Morgan fingerprint density at radius 1 is 1.09 bits per heavy atom. The maximum absolute atomic E-state index is 12.1.